The smallest absolute Gasteiger partial charge is 0.0104 e. The zero-order valence-electron chi connectivity index (χ0n) is 11.7. The third-order valence-electron chi connectivity index (χ3n) is 3.98. The summed E-state index contributed by atoms with van der Waals surface area (Å²) in [6.45, 7) is 4.74. The van der Waals surface area contributed by atoms with Crippen LogP contribution in [-0.4, -0.2) is 37.1 Å². The van der Waals surface area contributed by atoms with Crippen LogP contribution in [0.5, 0.6) is 0 Å². The van der Waals surface area contributed by atoms with Gasteiger partial charge in [-0.15, -0.1) is 11.3 Å². The van der Waals surface area contributed by atoms with Gasteiger partial charge >= 0.3 is 0 Å². The molecule has 1 N–H and O–H groups in total. The largest absolute Gasteiger partial charge is 0.314 e. The third kappa shape index (κ3) is 4.38. The molecule has 2 atom stereocenters. The molecule has 0 bridgehead atoms. The van der Waals surface area contributed by atoms with Crippen molar-refractivity contribution in [1.29, 1.82) is 0 Å². The van der Waals surface area contributed by atoms with Crippen LogP contribution in [0.3, 0.4) is 0 Å². The van der Waals surface area contributed by atoms with E-state index >= 15 is 0 Å². The Morgan fingerprint density at radius 2 is 2.39 bits per heavy atom. The second-order valence-corrected chi connectivity index (χ2v) is 6.59. The third-order valence-corrected chi connectivity index (χ3v) is 4.88. The molecule has 0 radical (unpaired) electrons. The first-order chi connectivity index (χ1) is 8.75. The molecule has 1 aromatic heterocycles. The Morgan fingerprint density at radius 3 is 3.11 bits per heavy atom. The molecule has 102 valence electrons. The van der Waals surface area contributed by atoms with Gasteiger partial charge < -0.3 is 10.2 Å². The molecule has 2 nitrogen and oxygen atoms in total. The molecule has 0 saturated carbocycles. The van der Waals surface area contributed by atoms with Crippen molar-refractivity contribution in [2.24, 2.45) is 0 Å². The van der Waals surface area contributed by atoms with Crippen molar-refractivity contribution in [3.8, 4) is 0 Å². The van der Waals surface area contributed by atoms with E-state index in [1.165, 1.54) is 37.1 Å². The van der Waals surface area contributed by atoms with E-state index in [1.54, 1.807) is 0 Å². The molecule has 0 aromatic carbocycles. The van der Waals surface area contributed by atoms with E-state index in [9.17, 15) is 0 Å². The molecular formula is C15H26N2S. The summed E-state index contributed by atoms with van der Waals surface area (Å²) in [5.74, 6) is 0. The Labute approximate surface area is 115 Å². The van der Waals surface area contributed by atoms with Gasteiger partial charge in [-0.1, -0.05) is 12.5 Å². The fraction of sp³-hybridized carbons (Fsp3) is 0.733. The highest BCUT2D eigenvalue weighted by Gasteiger charge is 2.18. The van der Waals surface area contributed by atoms with Gasteiger partial charge in [-0.05, 0) is 64.2 Å². The predicted molar refractivity (Wildman–Crippen MR) is 80.4 cm³/mol. The monoisotopic (exact) mass is 266 g/mol. The summed E-state index contributed by atoms with van der Waals surface area (Å²) in [4.78, 5) is 4.03. The molecule has 2 rings (SSSR count). The average molecular weight is 266 g/mol. The number of nitrogens with one attached hydrogen (secondary N) is 1. The molecule has 1 saturated heterocycles. The Balaban J connectivity index is 1.62. The summed E-state index contributed by atoms with van der Waals surface area (Å²) < 4.78 is 0. The molecule has 18 heavy (non-hydrogen) atoms. The van der Waals surface area contributed by atoms with Crippen molar-refractivity contribution < 1.29 is 0 Å². The predicted octanol–water partition coefficient (Wildman–Crippen LogP) is 3.14. The number of likely N-dealkylation sites (tertiary alicyclic amines) is 1. The molecule has 3 heteroatoms. The van der Waals surface area contributed by atoms with Crippen LogP contribution < -0.4 is 5.32 Å². The van der Waals surface area contributed by atoms with Crippen molar-refractivity contribution in [1.82, 2.24) is 10.2 Å². The van der Waals surface area contributed by atoms with Gasteiger partial charge in [-0.3, -0.25) is 0 Å². The molecule has 1 aliphatic heterocycles. The Bertz CT molecular complexity index is 323. The van der Waals surface area contributed by atoms with Gasteiger partial charge in [0.05, 0.1) is 0 Å². The first-order valence-electron chi connectivity index (χ1n) is 7.21. The molecule has 2 heterocycles. The number of thiophene rings is 1. The number of hydrogen-bond donors (Lipinski definition) is 1. The number of hydrogen-bond acceptors (Lipinski definition) is 3. The van der Waals surface area contributed by atoms with Crippen molar-refractivity contribution >= 4 is 11.3 Å². The lowest BCUT2D eigenvalue weighted by atomic mass is 10.00. The van der Waals surface area contributed by atoms with Gasteiger partial charge in [0.1, 0.15) is 0 Å². The van der Waals surface area contributed by atoms with Crippen LogP contribution in [0.4, 0.5) is 0 Å². The number of nitrogens with zero attached hydrogens (tertiary/aromatic N) is 1. The summed E-state index contributed by atoms with van der Waals surface area (Å²) >= 11 is 1.86. The van der Waals surface area contributed by atoms with Gasteiger partial charge in [0.2, 0.25) is 0 Å². The molecular weight excluding hydrogens is 240 g/mol. The van der Waals surface area contributed by atoms with E-state index < -0.39 is 0 Å². The maximum Gasteiger partial charge on any atom is 0.0104 e. The zero-order valence-corrected chi connectivity index (χ0v) is 12.5. The van der Waals surface area contributed by atoms with Crippen LogP contribution in [0.2, 0.25) is 0 Å². The number of rotatable bonds is 6. The lowest BCUT2D eigenvalue weighted by Crippen LogP contribution is -2.39. The molecule has 2 unspecified atom stereocenters. The fourth-order valence-electron chi connectivity index (χ4n) is 2.81. The van der Waals surface area contributed by atoms with E-state index in [0.717, 1.165) is 19.0 Å². The highest BCUT2D eigenvalue weighted by atomic mass is 32.1. The highest BCUT2D eigenvalue weighted by Crippen LogP contribution is 2.17. The van der Waals surface area contributed by atoms with Gasteiger partial charge in [0.25, 0.3) is 0 Å². The van der Waals surface area contributed by atoms with Gasteiger partial charge in [0, 0.05) is 17.0 Å². The minimum absolute atomic E-state index is 0.595. The summed E-state index contributed by atoms with van der Waals surface area (Å²) in [6, 6.07) is 5.78. The lowest BCUT2D eigenvalue weighted by Gasteiger charge is -2.32. The molecule has 1 fully saturated rings. The molecule has 1 aliphatic rings. The van der Waals surface area contributed by atoms with Crippen LogP contribution >= 0.6 is 11.3 Å². The summed E-state index contributed by atoms with van der Waals surface area (Å²) in [6.07, 6.45) is 6.65. The molecule has 0 spiro atoms. The van der Waals surface area contributed by atoms with E-state index in [0.29, 0.717) is 6.04 Å². The Kier molecular flexibility index (Phi) is 5.67. The average Bonchev–Trinajstić information content (AvgIpc) is 2.84. The van der Waals surface area contributed by atoms with Crippen LogP contribution in [0.25, 0.3) is 0 Å². The summed E-state index contributed by atoms with van der Waals surface area (Å²) in [5.41, 5.74) is 0. The summed E-state index contributed by atoms with van der Waals surface area (Å²) in [7, 11) is 2.28. The van der Waals surface area contributed by atoms with Gasteiger partial charge in [-0.25, -0.2) is 0 Å². The Hall–Kier alpha value is -0.380. The van der Waals surface area contributed by atoms with Crippen molar-refractivity contribution in [2.45, 2.75) is 51.1 Å². The molecule has 1 aromatic rings. The minimum Gasteiger partial charge on any atom is -0.314 e. The summed E-state index contributed by atoms with van der Waals surface area (Å²) in [5, 5.41) is 5.83. The first kappa shape index (κ1) is 14.0. The lowest BCUT2D eigenvalue weighted by molar-refractivity contribution is 0.174. The normalized spacial score (nSPS) is 23.1. The van der Waals surface area contributed by atoms with E-state index in [-0.39, 0.29) is 0 Å². The van der Waals surface area contributed by atoms with Crippen LogP contribution in [0.1, 0.15) is 37.5 Å². The standard InChI is InChI=1S/C15H26N2S/c1-13(12-15-7-5-11-18-15)16-9-8-14-6-3-4-10-17(14)2/h5,7,11,13-14,16H,3-4,6,8-10,12H2,1-2H3. The van der Waals surface area contributed by atoms with Gasteiger partial charge in [-0.2, -0.15) is 0 Å². The van der Waals surface area contributed by atoms with E-state index in [4.69, 9.17) is 0 Å². The van der Waals surface area contributed by atoms with Crippen molar-refractivity contribution in [3.05, 3.63) is 22.4 Å². The first-order valence-corrected chi connectivity index (χ1v) is 8.09. The Morgan fingerprint density at radius 1 is 1.50 bits per heavy atom. The SMILES string of the molecule is CC(Cc1cccs1)NCCC1CCCCN1C. The fourth-order valence-corrected chi connectivity index (χ4v) is 3.64. The maximum atomic E-state index is 3.67. The highest BCUT2D eigenvalue weighted by molar-refractivity contribution is 7.09. The minimum atomic E-state index is 0.595. The second-order valence-electron chi connectivity index (χ2n) is 5.56. The van der Waals surface area contributed by atoms with Crippen molar-refractivity contribution in [2.75, 3.05) is 20.1 Å². The van der Waals surface area contributed by atoms with E-state index in [1.807, 2.05) is 11.3 Å². The van der Waals surface area contributed by atoms with Crippen LogP contribution in [-0.2, 0) is 6.42 Å². The van der Waals surface area contributed by atoms with E-state index in [2.05, 4.69) is 41.7 Å². The topological polar surface area (TPSA) is 15.3 Å². The van der Waals surface area contributed by atoms with Gasteiger partial charge in [0.15, 0.2) is 0 Å². The zero-order chi connectivity index (χ0) is 12.8. The van der Waals surface area contributed by atoms with Crippen LogP contribution in [0, 0.1) is 0 Å². The molecule has 0 amide bonds. The quantitative estimate of drug-likeness (QED) is 0.851. The number of piperidine rings is 1. The second kappa shape index (κ2) is 7.27. The van der Waals surface area contributed by atoms with Crippen LogP contribution in [0.15, 0.2) is 17.5 Å². The maximum absolute atomic E-state index is 3.67. The molecule has 0 aliphatic carbocycles. The van der Waals surface area contributed by atoms with Crippen molar-refractivity contribution in [3.63, 3.8) is 0 Å².